The molecule has 4 nitrogen and oxygen atoms in total. The second-order valence-electron chi connectivity index (χ2n) is 7.76. The fourth-order valence-electron chi connectivity index (χ4n) is 3.91. The molecule has 2 aromatic rings. The monoisotopic (exact) mass is 366 g/mol. The van der Waals surface area contributed by atoms with Crippen LogP contribution in [0.4, 0.5) is 0 Å². The van der Waals surface area contributed by atoms with Crippen molar-refractivity contribution in [3.8, 4) is 0 Å². The van der Waals surface area contributed by atoms with Crippen LogP contribution in [0.2, 0.25) is 0 Å². The summed E-state index contributed by atoms with van der Waals surface area (Å²) in [6.07, 6.45) is 2.20. The Morgan fingerprint density at radius 2 is 1.81 bits per heavy atom. The number of rotatable bonds is 7. The molecule has 1 N–H and O–H groups in total. The van der Waals surface area contributed by atoms with Gasteiger partial charge in [-0.15, -0.1) is 0 Å². The van der Waals surface area contributed by atoms with Crippen LogP contribution in [-0.2, 0) is 17.8 Å². The van der Waals surface area contributed by atoms with Crippen LogP contribution in [0.3, 0.4) is 0 Å². The van der Waals surface area contributed by atoms with Crippen molar-refractivity contribution >= 4 is 5.91 Å². The molecule has 1 saturated heterocycles. The highest BCUT2D eigenvalue weighted by Crippen LogP contribution is 2.25. The smallest absolute Gasteiger partial charge is 0.255 e. The summed E-state index contributed by atoms with van der Waals surface area (Å²) in [6.45, 7) is 4.57. The number of carbonyl (C=O) groups excluding carboxylic acids is 1. The van der Waals surface area contributed by atoms with Gasteiger partial charge < -0.3 is 10.0 Å². The van der Waals surface area contributed by atoms with Crippen LogP contribution < -0.4 is 0 Å². The van der Waals surface area contributed by atoms with E-state index in [0.29, 0.717) is 19.5 Å². The maximum Gasteiger partial charge on any atom is 0.255 e. The summed E-state index contributed by atoms with van der Waals surface area (Å²) < 4.78 is 0. The number of hydrogen-bond acceptors (Lipinski definition) is 3. The highest BCUT2D eigenvalue weighted by Gasteiger charge is 2.42. The molecule has 2 aromatic carbocycles. The molecule has 0 radical (unpaired) electrons. The van der Waals surface area contributed by atoms with E-state index in [4.69, 9.17) is 0 Å². The lowest BCUT2D eigenvalue weighted by Gasteiger charge is -2.40. The highest BCUT2D eigenvalue weighted by molar-refractivity contribution is 5.86. The first-order chi connectivity index (χ1) is 13.0. The zero-order valence-corrected chi connectivity index (χ0v) is 16.4. The first-order valence-electron chi connectivity index (χ1n) is 9.77. The maximum absolute atomic E-state index is 13.0. The largest absolute Gasteiger partial charge is 0.379 e. The zero-order valence-electron chi connectivity index (χ0n) is 16.4. The Morgan fingerprint density at radius 1 is 1.11 bits per heavy atom. The fraction of sp³-hybridized carbons (Fsp3) is 0.435. The minimum Gasteiger partial charge on any atom is -0.379 e. The maximum atomic E-state index is 13.0. The number of likely N-dealkylation sites (tertiary alicyclic amines) is 1. The topological polar surface area (TPSA) is 43.8 Å². The van der Waals surface area contributed by atoms with E-state index < -0.39 is 5.60 Å². The molecule has 1 heterocycles. The third kappa shape index (κ3) is 4.96. The lowest BCUT2D eigenvalue weighted by Crippen LogP contribution is -2.58. The van der Waals surface area contributed by atoms with Gasteiger partial charge in [-0.05, 0) is 49.9 Å². The van der Waals surface area contributed by atoms with Gasteiger partial charge in [0, 0.05) is 26.2 Å². The Bertz CT molecular complexity index is 762. The first kappa shape index (κ1) is 19.6. The number of amides is 1. The number of aryl methyl sites for hydroxylation is 1. The number of nitrogens with zero attached hydrogens (tertiary/aromatic N) is 2. The summed E-state index contributed by atoms with van der Waals surface area (Å²) in [6, 6.07) is 18.4. The van der Waals surface area contributed by atoms with Crippen molar-refractivity contribution < 1.29 is 9.90 Å². The third-order valence-corrected chi connectivity index (χ3v) is 5.45. The molecule has 3 rings (SSSR count). The molecule has 1 aliphatic heterocycles. The quantitative estimate of drug-likeness (QED) is 0.819. The van der Waals surface area contributed by atoms with Crippen molar-refractivity contribution in [2.75, 3.05) is 26.7 Å². The van der Waals surface area contributed by atoms with E-state index in [1.54, 1.807) is 0 Å². The minimum absolute atomic E-state index is 0.124. The summed E-state index contributed by atoms with van der Waals surface area (Å²) in [7, 11) is 1.97. The lowest BCUT2D eigenvalue weighted by atomic mass is 9.90. The first-order valence-corrected chi connectivity index (χ1v) is 9.77. The number of likely N-dealkylation sites (N-methyl/N-ethyl adjacent to an activating group) is 1. The van der Waals surface area contributed by atoms with Crippen molar-refractivity contribution in [1.82, 2.24) is 9.80 Å². The van der Waals surface area contributed by atoms with Crippen LogP contribution in [0.1, 0.15) is 29.5 Å². The van der Waals surface area contributed by atoms with Crippen molar-refractivity contribution in [2.45, 2.75) is 38.3 Å². The Kier molecular flexibility index (Phi) is 6.30. The Balaban J connectivity index is 1.60. The van der Waals surface area contributed by atoms with E-state index in [2.05, 4.69) is 36.1 Å². The average Bonchev–Trinajstić information content (AvgIpc) is 2.66. The van der Waals surface area contributed by atoms with Crippen LogP contribution in [0.15, 0.2) is 54.6 Å². The molecule has 27 heavy (non-hydrogen) atoms. The molecule has 4 heteroatoms. The van der Waals surface area contributed by atoms with Gasteiger partial charge in [0.1, 0.15) is 0 Å². The van der Waals surface area contributed by atoms with Crippen LogP contribution in [-0.4, -0.2) is 53.1 Å². The van der Waals surface area contributed by atoms with Gasteiger partial charge in [0.2, 0.25) is 0 Å². The summed E-state index contributed by atoms with van der Waals surface area (Å²) in [4.78, 5) is 16.9. The molecule has 144 valence electrons. The van der Waals surface area contributed by atoms with Crippen LogP contribution >= 0.6 is 0 Å². The van der Waals surface area contributed by atoms with Gasteiger partial charge in [-0.1, -0.05) is 54.6 Å². The fourth-order valence-corrected chi connectivity index (χ4v) is 3.91. The van der Waals surface area contributed by atoms with Crippen molar-refractivity contribution in [2.24, 2.45) is 0 Å². The third-order valence-electron chi connectivity index (χ3n) is 5.45. The van der Waals surface area contributed by atoms with Gasteiger partial charge in [0.15, 0.2) is 5.60 Å². The number of aliphatic hydroxyl groups is 1. The number of benzene rings is 2. The molecule has 1 amide bonds. The molecule has 0 aliphatic carbocycles. The summed E-state index contributed by atoms with van der Waals surface area (Å²) in [5.74, 6) is -0.124. The number of hydrogen-bond donors (Lipinski definition) is 1. The van der Waals surface area contributed by atoms with Crippen LogP contribution in [0, 0.1) is 6.92 Å². The van der Waals surface area contributed by atoms with Crippen molar-refractivity contribution in [3.63, 3.8) is 0 Å². The number of carbonyl (C=O) groups is 1. The SMILES string of the molecule is Cc1ccccc1CN(C)CC1(O)CCCN(CCc2ccccc2)C1=O. The Hall–Kier alpha value is -2.17. The molecule has 0 spiro atoms. The van der Waals surface area contributed by atoms with Gasteiger partial charge in [-0.25, -0.2) is 0 Å². The molecule has 0 aromatic heterocycles. The summed E-state index contributed by atoms with van der Waals surface area (Å²) in [5.41, 5.74) is 2.39. The average molecular weight is 367 g/mol. The Morgan fingerprint density at radius 3 is 2.56 bits per heavy atom. The summed E-state index contributed by atoms with van der Waals surface area (Å²) in [5, 5.41) is 11.1. The normalized spacial score (nSPS) is 20.3. The minimum atomic E-state index is -1.29. The van der Waals surface area contributed by atoms with E-state index in [-0.39, 0.29) is 5.91 Å². The molecule has 1 atom stereocenters. The predicted octanol–water partition coefficient (Wildman–Crippen LogP) is 3.02. The molecule has 0 bridgehead atoms. The summed E-state index contributed by atoms with van der Waals surface area (Å²) >= 11 is 0. The van der Waals surface area contributed by atoms with Gasteiger partial charge in [-0.2, -0.15) is 0 Å². The van der Waals surface area contributed by atoms with Crippen LogP contribution in [0.5, 0.6) is 0 Å². The standard InChI is InChI=1S/C23H30N2O2/c1-19-9-6-7-12-21(19)17-24(2)18-23(27)14-8-15-25(22(23)26)16-13-20-10-4-3-5-11-20/h3-7,9-12,27H,8,13-18H2,1-2H3. The van der Waals surface area contributed by atoms with Gasteiger partial charge in [-0.3, -0.25) is 9.69 Å². The number of piperidine rings is 1. The van der Waals surface area contributed by atoms with Gasteiger partial charge in [0.25, 0.3) is 5.91 Å². The van der Waals surface area contributed by atoms with Crippen molar-refractivity contribution in [3.05, 3.63) is 71.3 Å². The van der Waals surface area contributed by atoms with E-state index in [0.717, 1.165) is 25.9 Å². The molecular weight excluding hydrogens is 336 g/mol. The van der Waals surface area contributed by atoms with Crippen molar-refractivity contribution in [1.29, 1.82) is 0 Å². The van der Waals surface area contributed by atoms with E-state index in [1.165, 1.54) is 16.7 Å². The molecule has 1 aliphatic rings. The van der Waals surface area contributed by atoms with E-state index >= 15 is 0 Å². The second-order valence-corrected chi connectivity index (χ2v) is 7.76. The second kappa shape index (κ2) is 8.68. The van der Waals surface area contributed by atoms with E-state index in [1.807, 2.05) is 42.3 Å². The van der Waals surface area contributed by atoms with Gasteiger partial charge >= 0.3 is 0 Å². The zero-order chi connectivity index (χ0) is 19.3. The van der Waals surface area contributed by atoms with Crippen LogP contribution in [0.25, 0.3) is 0 Å². The molecule has 1 fully saturated rings. The molecule has 1 unspecified atom stereocenters. The predicted molar refractivity (Wildman–Crippen MR) is 108 cm³/mol. The van der Waals surface area contributed by atoms with Gasteiger partial charge in [0.05, 0.1) is 0 Å². The Labute approximate surface area is 162 Å². The highest BCUT2D eigenvalue weighted by atomic mass is 16.3. The molecule has 0 saturated carbocycles. The van der Waals surface area contributed by atoms with E-state index in [9.17, 15) is 9.90 Å². The molecular formula is C23H30N2O2. The lowest BCUT2D eigenvalue weighted by molar-refractivity contribution is -0.159.